The lowest BCUT2D eigenvalue weighted by Gasteiger charge is -2.26. The maximum Gasteiger partial charge on any atom is 0.328 e. The summed E-state index contributed by atoms with van der Waals surface area (Å²) in [6.45, 7) is 7.24. The van der Waals surface area contributed by atoms with Crippen molar-refractivity contribution in [2.75, 3.05) is 6.54 Å². The quantitative estimate of drug-likeness (QED) is 0.844. The number of aliphatic carboxylic acids is 1. The molecular formula is C15H21NO2. The van der Waals surface area contributed by atoms with Gasteiger partial charge in [-0.15, -0.1) is 0 Å². The zero-order chi connectivity index (χ0) is 13.4. The Hall–Kier alpha value is -1.35. The second-order valence-electron chi connectivity index (χ2n) is 6.07. The molecule has 0 spiro atoms. The minimum atomic E-state index is -0.879. The third-order valence-electron chi connectivity index (χ3n) is 3.76. The molecule has 0 aromatic heterocycles. The maximum absolute atomic E-state index is 11.5. The summed E-state index contributed by atoms with van der Waals surface area (Å²) in [4.78, 5) is 11.5. The molecule has 0 bridgehead atoms. The van der Waals surface area contributed by atoms with E-state index in [4.69, 9.17) is 0 Å². The summed E-state index contributed by atoms with van der Waals surface area (Å²) in [6, 6.07) is 7.99. The molecule has 1 fully saturated rings. The Morgan fingerprint density at radius 1 is 1.28 bits per heavy atom. The molecule has 98 valence electrons. The summed E-state index contributed by atoms with van der Waals surface area (Å²) in [6.07, 6.45) is 1.57. The second-order valence-corrected chi connectivity index (χ2v) is 6.07. The first-order valence-electron chi connectivity index (χ1n) is 6.46. The van der Waals surface area contributed by atoms with Gasteiger partial charge in [-0.2, -0.15) is 0 Å². The highest BCUT2D eigenvalue weighted by atomic mass is 16.4. The first kappa shape index (κ1) is 13.1. The fourth-order valence-corrected chi connectivity index (χ4v) is 2.55. The number of hydrogen-bond donors (Lipinski definition) is 2. The van der Waals surface area contributed by atoms with Crippen LogP contribution >= 0.6 is 0 Å². The van der Waals surface area contributed by atoms with Gasteiger partial charge in [-0.3, -0.25) is 5.32 Å². The second kappa shape index (κ2) is 4.39. The van der Waals surface area contributed by atoms with Gasteiger partial charge in [0, 0.05) is 0 Å². The van der Waals surface area contributed by atoms with Crippen molar-refractivity contribution >= 4 is 5.97 Å². The average molecular weight is 247 g/mol. The lowest BCUT2D eigenvalue weighted by molar-refractivity contribution is -0.144. The van der Waals surface area contributed by atoms with E-state index in [9.17, 15) is 9.90 Å². The minimum absolute atomic E-state index is 0.0953. The molecule has 1 aromatic rings. The Morgan fingerprint density at radius 3 is 2.28 bits per heavy atom. The fraction of sp³-hybridized carbons (Fsp3) is 0.533. The van der Waals surface area contributed by atoms with Crippen LogP contribution in [-0.4, -0.2) is 17.6 Å². The lowest BCUT2D eigenvalue weighted by Crippen LogP contribution is -2.44. The van der Waals surface area contributed by atoms with Crippen LogP contribution in [0.25, 0.3) is 0 Å². The van der Waals surface area contributed by atoms with Gasteiger partial charge in [0.1, 0.15) is 5.54 Å². The van der Waals surface area contributed by atoms with Gasteiger partial charge < -0.3 is 5.11 Å². The minimum Gasteiger partial charge on any atom is -0.480 e. The summed E-state index contributed by atoms with van der Waals surface area (Å²) in [5, 5.41) is 12.6. The van der Waals surface area contributed by atoms with Gasteiger partial charge in [0.2, 0.25) is 0 Å². The van der Waals surface area contributed by atoms with Gasteiger partial charge in [0.15, 0.2) is 0 Å². The topological polar surface area (TPSA) is 49.3 Å². The Bertz CT molecular complexity index is 437. The van der Waals surface area contributed by atoms with Gasteiger partial charge in [-0.25, -0.2) is 4.79 Å². The third kappa shape index (κ3) is 2.15. The Morgan fingerprint density at radius 2 is 1.89 bits per heavy atom. The number of rotatable bonds is 2. The molecule has 0 amide bonds. The molecule has 1 aromatic carbocycles. The normalized spacial score (nSPS) is 24.2. The Balaban J connectivity index is 2.36. The first-order chi connectivity index (χ1) is 8.36. The molecule has 2 rings (SSSR count). The number of carbonyl (C=O) groups is 1. The molecular weight excluding hydrogens is 226 g/mol. The van der Waals surface area contributed by atoms with Gasteiger partial charge in [-0.05, 0) is 35.9 Å². The summed E-state index contributed by atoms with van der Waals surface area (Å²) >= 11 is 0. The van der Waals surface area contributed by atoms with E-state index in [0.29, 0.717) is 6.42 Å². The molecule has 0 saturated carbocycles. The van der Waals surface area contributed by atoms with Crippen molar-refractivity contribution in [1.82, 2.24) is 5.32 Å². The number of benzene rings is 1. The van der Waals surface area contributed by atoms with E-state index in [1.165, 1.54) is 5.56 Å². The van der Waals surface area contributed by atoms with Gasteiger partial charge in [0.05, 0.1) is 0 Å². The van der Waals surface area contributed by atoms with E-state index in [-0.39, 0.29) is 5.41 Å². The molecule has 0 radical (unpaired) electrons. The van der Waals surface area contributed by atoms with Crippen LogP contribution in [0, 0.1) is 0 Å². The SMILES string of the molecule is CC(C)(C)c1ccc(C2(C(=O)O)CCCN2)cc1. The van der Waals surface area contributed by atoms with E-state index in [1.807, 2.05) is 24.3 Å². The number of carboxylic acid groups (broad SMARTS) is 1. The van der Waals surface area contributed by atoms with Gasteiger partial charge in [-0.1, -0.05) is 45.0 Å². The largest absolute Gasteiger partial charge is 0.480 e. The van der Waals surface area contributed by atoms with Crippen LogP contribution < -0.4 is 5.32 Å². The standard InChI is InChI=1S/C15H21NO2/c1-14(2,3)11-5-7-12(8-6-11)15(13(17)18)9-4-10-16-15/h5-8,16H,4,9-10H2,1-3H3,(H,17,18). The van der Waals surface area contributed by atoms with Crippen molar-refractivity contribution < 1.29 is 9.90 Å². The number of hydrogen-bond acceptors (Lipinski definition) is 2. The lowest BCUT2D eigenvalue weighted by atomic mass is 9.83. The van der Waals surface area contributed by atoms with Gasteiger partial charge in [0.25, 0.3) is 0 Å². The summed E-state index contributed by atoms with van der Waals surface area (Å²) in [5.74, 6) is -0.775. The average Bonchev–Trinajstić information content (AvgIpc) is 2.78. The number of carboxylic acids is 1. The zero-order valence-electron chi connectivity index (χ0n) is 11.3. The molecule has 1 heterocycles. The van der Waals surface area contributed by atoms with Crippen molar-refractivity contribution in [3.8, 4) is 0 Å². The van der Waals surface area contributed by atoms with E-state index < -0.39 is 11.5 Å². The highest BCUT2D eigenvalue weighted by Crippen LogP contribution is 2.32. The molecule has 3 heteroatoms. The van der Waals surface area contributed by atoms with E-state index in [0.717, 1.165) is 18.5 Å². The molecule has 1 unspecified atom stereocenters. The van der Waals surface area contributed by atoms with Crippen molar-refractivity contribution in [1.29, 1.82) is 0 Å². The van der Waals surface area contributed by atoms with Gasteiger partial charge >= 0.3 is 5.97 Å². The van der Waals surface area contributed by atoms with Crippen LogP contribution in [0.2, 0.25) is 0 Å². The molecule has 18 heavy (non-hydrogen) atoms. The van der Waals surface area contributed by atoms with Crippen molar-refractivity contribution in [2.24, 2.45) is 0 Å². The van der Waals surface area contributed by atoms with Crippen molar-refractivity contribution in [3.63, 3.8) is 0 Å². The molecule has 0 aliphatic carbocycles. The molecule has 1 saturated heterocycles. The maximum atomic E-state index is 11.5. The third-order valence-corrected chi connectivity index (χ3v) is 3.76. The molecule has 1 aliphatic rings. The fourth-order valence-electron chi connectivity index (χ4n) is 2.55. The van der Waals surface area contributed by atoms with Crippen LogP contribution in [-0.2, 0) is 15.7 Å². The van der Waals surface area contributed by atoms with Crippen LogP contribution in [0.1, 0.15) is 44.7 Å². The van der Waals surface area contributed by atoms with Crippen LogP contribution in [0.5, 0.6) is 0 Å². The summed E-state index contributed by atoms with van der Waals surface area (Å²) in [5.41, 5.74) is 1.30. The highest BCUT2D eigenvalue weighted by Gasteiger charge is 2.42. The highest BCUT2D eigenvalue weighted by molar-refractivity contribution is 5.81. The predicted molar refractivity (Wildman–Crippen MR) is 71.7 cm³/mol. The van der Waals surface area contributed by atoms with Crippen LogP contribution in [0.4, 0.5) is 0 Å². The van der Waals surface area contributed by atoms with E-state index in [1.54, 1.807) is 0 Å². The zero-order valence-corrected chi connectivity index (χ0v) is 11.3. The Labute approximate surface area is 108 Å². The number of nitrogens with one attached hydrogen (secondary N) is 1. The molecule has 3 nitrogen and oxygen atoms in total. The van der Waals surface area contributed by atoms with E-state index in [2.05, 4.69) is 26.1 Å². The Kier molecular flexibility index (Phi) is 3.20. The molecule has 1 aliphatic heterocycles. The van der Waals surface area contributed by atoms with Crippen molar-refractivity contribution in [3.05, 3.63) is 35.4 Å². The van der Waals surface area contributed by atoms with E-state index >= 15 is 0 Å². The summed E-state index contributed by atoms with van der Waals surface area (Å²) in [7, 11) is 0. The monoisotopic (exact) mass is 247 g/mol. The van der Waals surface area contributed by atoms with Crippen LogP contribution in [0.15, 0.2) is 24.3 Å². The van der Waals surface area contributed by atoms with Crippen LogP contribution in [0.3, 0.4) is 0 Å². The summed E-state index contributed by atoms with van der Waals surface area (Å²) < 4.78 is 0. The predicted octanol–water partition coefficient (Wildman–Crippen LogP) is 2.65. The van der Waals surface area contributed by atoms with Crippen molar-refractivity contribution in [2.45, 2.75) is 44.6 Å². The molecule has 1 atom stereocenters. The smallest absolute Gasteiger partial charge is 0.328 e. The first-order valence-corrected chi connectivity index (χ1v) is 6.46. The molecule has 2 N–H and O–H groups in total.